The van der Waals surface area contributed by atoms with Gasteiger partial charge in [-0.25, -0.2) is 13.2 Å². The van der Waals surface area contributed by atoms with E-state index in [2.05, 4.69) is 10.6 Å². The van der Waals surface area contributed by atoms with E-state index >= 15 is 0 Å². The Balaban J connectivity index is 1.49. The number of fused-ring (bicyclic) bond motifs is 1. The average Bonchev–Trinajstić information content (AvgIpc) is 3.17. The van der Waals surface area contributed by atoms with Gasteiger partial charge in [-0.3, -0.25) is 0 Å². The van der Waals surface area contributed by atoms with Crippen LogP contribution < -0.4 is 16.4 Å². The minimum absolute atomic E-state index is 0.164. The van der Waals surface area contributed by atoms with Crippen LogP contribution in [0.2, 0.25) is 0 Å². The highest BCUT2D eigenvalue weighted by atomic mass is 32.2. The normalized spacial score (nSPS) is 13.1. The molecule has 0 fully saturated rings. The molecule has 10 heteroatoms. The van der Waals surface area contributed by atoms with E-state index in [0.717, 1.165) is 31.2 Å². The maximum absolute atomic E-state index is 12.8. The molecule has 0 radical (unpaired) electrons. The minimum Gasteiger partial charge on any atom is -0.462 e. The molecule has 2 aromatic carbocycles. The Kier molecular flexibility index (Phi) is 7.20. The van der Waals surface area contributed by atoms with Crippen LogP contribution in [-0.2, 0) is 27.4 Å². The van der Waals surface area contributed by atoms with Crippen molar-refractivity contribution in [1.29, 1.82) is 0 Å². The molecule has 0 saturated carbocycles. The first kappa shape index (κ1) is 24.2. The average molecular weight is 516 g/mol. The molecule has 0 aliphatic heterocycles. The van der Waals surface area contributed by atoms with Crippen molar-refractivity contribution in [2.45, 2.75) is 42.4 Å². The van der Waals surface area contributed by atoms with Crippen LogP contribution in [-0.4, -0.2) is 26.1 Å². The molecule has 1 aliphatic carbocycles. The van der Waals surface area contributed by atoms with Gasteiger partial charge in [0, 0.05) is 16.3 Å². The number of carbonyl (C=O) groups excluding carboxylic acids is 1. The second kappa shape index (κ2) is 10.1. The first-order chi connectivity index (χ1) is 16.3. The zero-order valence-corrected chi connectivity index (χ0v) is 21.0. The van der Waals surface area contributed by atoms with E-state index < -0.39 is 9.84 Å². The number of esters is 1. The number of nitrogen functional groups attached to an aromatic ring is 1. The highest BCUT2D eigenvalue weighted by molar-refractivity contribution is 7.91. The summed E-state index contributed by atoms with van der Waals surface area (Å²) in [5.74, 6) is -0.343. The van der Waals surface area contributed by atoms with E-state index in [0.29, 0.717) is 33.7 Å². The van der Waals surface area contributed by atoms with E-state index in [1.165, 1.54) is 40.5 Å². The third kappa shape index (κ3) is 5.08. The van der Waals surface area contributed by atoms with Crippen molar-refractivity contribution in [3.05, 3.63) is 64.5 Å². The zero-order valence-electron chi connectivity index (χ0n) is 18.6. The Bertz CT molecular complexity index is 1310. The molecular weight excluding hydrogens is 490 g/mol. The highest BCUT2D eigenvalue weighted by Crippen LogP contribution is 2.38. The summed E-state index contributed by atoms with van der Waals surface area (Å²) in [5.41, 5.74) is 8.39. The number of hydrogen-bond acceptors (Lipinski definition) is 7. The molecule has 3 aromatic rings. The SMILES string of the molecule is CCOC(=O)c1c(NC(=S)Nc2ccc(S(=O)(=O)c3ccc(N)cc3)cc2)sc2c1CCCC2. The van der Waals surface area contributed by atoms with Crippen LogP contribution >= 0.6 is 23.6 Å². The fourth-order valence-corrected chi connectivity index (χ4v) is 6.67. The van der Waals surface area contributed by atoms with Crippen molar-refractivity contribution in [2.75, 3.05) is 23.0 Å². The number of carbonyl (C=O) groups is 1. The summed E-state index contributed by atoms with van der Waals surface area (Å²) in [5, 5.41) is 7.17. The molecule has 0 spiro atoms. The lowest BCUT2D eigenvalue weighted by atomic mass is 9.95. The molecule has 0 unspecified atom stereocenters. The van der Waals surface area contributed by atoms with Gasteiger partial charge in [0.05, 0.1) is 22.0 Å². The standard InChI is InChI=1S/C24H25N3O4S3/c1-2-31-23(28)21-19-5-3-4-6-20(19)33-22(21)27-24(32)26-16-9-13-18(14-10-16)34(29,30)17-11-7-15(25)8-12-17/h7-14H,2-6,25H2,1H3,(H2,26,27,32). The summed E-state index contributed by atoms with van der Waals surface area (Å²) in [7, 11) is -3.65. The van der Waals surface area contributed by atoms with Crippen molar-refractivity contribution < 1.29 is 17.9 Å². The van der Waals surface area contributed by atoms with Crippen LogP contribution in [0, 0.1) is 0 Å². The fraction of sp³-hybridized carbons (Fsp3) is 0.250. The maximum atomic E-state index is 12.8. The van der Waals surface area contributed by atoms with Crippen LogP contribution in [0.25, 0.3) is 0 Å². The number of ether oxygens (including phenoxy) is 1. The Morgan fingerprint density at radius 3 is 2.29 bits per heavy atom. The summed E-state index contributed by atoms with van der Waals surface area (Å²) in [6.45, 7) is 2.09. The van der Waals surface area contributed by atoms with Gasteiger partial charge in [0.25, 0.3) is 0 Å². The molecular formula is C24H25N3O4S3. The van der Waals surface area contributed by atoms with Gasteiger partial charge in [-0.05, 0) is 98.9 Å². The number of rotatable bonds is 6. The molecule has 34 heavy (non-hydrogen) atoms. The number of anilines is 3. The summed E-state index contributed by atoms with van der Waals surface area (Å²) >= 11 is 7.00. The van der Waals surface area contributed by atoms with E-state index in [1.54, 1.807) is 31.2 Å². The fourth-order valence-electron chi connectivity index (χ4n) is 3.84. The molecule has 1 heterocycles. The van der Waals surface area contributed by atoms with Crippen LogP contribution in [0.1, 0.15) is 40.6 Å². The Hall–Kier alpha value is -2.95. The van der Waals surface area contributed by atoms with Crippen molar-refractivity contribution in [1.82, 2.24) is 0 Å². The lowest BCUT2D eigenvalue weighted by molar-refractivity contribution is 0.0526. The minimum atomic E-state index is -3.65. The molecule has 0 atom stereocenters. The lowest BCUT2D eigenvalue weighted by Gasteiger charge is -2.13. The quantitative estimate of drug-likeness (QED) is 0.238. The van der Waals surface area contributed by atoms with E-state index in [9.17, 15) is 13.2 Å². The topological polar surface area (TPSA) is 111 Å². The molecule has 1 aromatic heterocycles. The van der Waals surface area contributed by atoms with Gasteiger partial charge < -0.3 is 21.1 Å². The number of thiophene rings is 1. The molecule has 0 bridgehead atoms. The summed E-state index contributed by atoms with van der Waals surface area (Å²) in [6.07, 6.45) is 3.94. The van der Waals surface area contributed by atoms with Crippen molar-refractivity contribution in [2.24, 2.45) is 0 Å². The Morgan fingerprint density at radius 2 is 1.65 bits per heavy atom. The number of thiocarbonyl (C=S) groups is 1. The predicted molar refractivity (Wildman–Crippen MR) is 140 cm³/mol. The molecule has 7 nitrogen and oxygen atoms in total. The van der Waals surface area contributed by atoms with Gasteiger partial charge in [-0.1, -0.05) is 0 Å². The number of sulfone groups is 1. The second-order valence-electron chi connectivity index (χ2n) is 7.81. The van der Waals surface area contributed by atoms with Gasteiger partial charge in [0.1, 0.15) is 5.00 Å². The van der Waals surface area contributed by atoms with E-state index in [-0.39, 0.29) is 15.8 Å². The van der Waals surface area contributed by atoms with Gasteiger partial charge >= 0.3 is 5.97 Å². The maximum Gasteiger partial charge on any atom is 0.341 e. The van der Waals surface area contributed by atoms with Crippen molar-refractivity contribution in [3.63, 3.8) is 0 Å². The lowest BCUT2D eigenvalue weighted by Crippen LogP contribution is -2.20. The summed E-state index contributed by atoms with van der Waals surface area (Å²) in [4.78, 5) is 14.2. The second-order valence-corrected chi connectivity index (χ2v) is 11.3. The van der Waals surface area contributed by atoms with Crippen LogP contribution in [0.4, 0.5) is 16.4 Å². The van der Waals surface area contributed by atoms with E-state index in [4.69, 9.17) is 22.7 Å². The van der Waals surface area contributed by atoms with Gasteiger partial charge in [0.15, 0.2) is 5.11 Å². The number of aryl methyl sites for hydroxylation is 1. The number of nitrogens with one attached hydrogen (secondary N) is 2. The van der Waals surface area contributed by atoms with Crippen molar-refractivity contribution >= 4 is 60.8 Å². The Labute approximate surface area is 208 Å². The largest absolute Gasteiger partial charge is 0.462 e. The van der Waals surface area contributed by atoms with Gasteiger partial charge in [-0.15, -0.1) is 11.3 Å². The Morgan fingerprint density at radius 1 is 1.03 bits per heavy atom. The molecule has 4 rings (SSSR count). The summed E-state index contributed by atoms with van der Waals surface area (Å²) < 4.78 is 30.9. The number of hydrogen-bond donors (Lipinski definition) is 3. The molecule has 0 saturated heterocycles. The molecule has 0 amide bonds. The first-order valence-electron chi connectivity index (χ1n) is 10.9. The molecule has 178 valence electrons. The van der Waals surface area contributed by atoms with Crippen molar-refractivity contribution in [3.8, 4) is 0 Å². The third-order valence-corrected chi connectivity index (χ3v) is 8.69. The van der Waals surface area contributed by atoms with Crippen LogP contribution in [0.5, 0.6) is 0 Å². The smallest absolute Gasteiger partial charge is 0.341 e. The first-order valence-corrected chi connectivity index (χ1v) is 13.6. The number of benzene rings is 2. The molecule has 4 N–H and O–H groups in total. The summed E-state index contributed by atoms with van der Waals surface area (Å²) in [6, 6.07) is 12.4. The van der Waals surface area contributed by atoms with Gasteiger partial charge in [-0.2, -0.15) is 0 Å². The zero-order chi connectivity index (χ0) is 24.3. The van der Waals surface area contributed by atoms with Gasteiger partial charge in [0.2, 0.25) is 9.84 Å². The van der Waals surface area contributed by atoms with E-state index in [1.807, 2.05) is 0 Å². The monoisotopic (exact) mass is 515 g/mol. The molecule has 1 aliphatic rings. The van der Waals surface area contributed by atoms with Crippen LogP contribution in [0.15, 0.2) is 58.3 Å². The highest BCUT2D eigenvalue weighted by Gasteiger charge is 2.27. The van der Waals surface area contributed by atoms with Crippen LogP contribution in [0.3, 0.4) is 0 Å². The number of nitrogens with two attached hydrogens (primary N) is 1. The third-order valence-electron chi connectivity index (χ3n) is 5.49. The predicted octanol–water partition coefficient (Wildman–Crippen LogP) is 5.03.